The summed E-state index contributed by atoms with van der Waals surface area (Å²) in [5.41, 5.74) is 5.46. The van der Waals surface area contributed by atoms with Crippen LogP contribution in [0.1, 0.15) is 43.5 Å². The SMILES string of the molecule is CCOc1cc([C@H]2NC(=O)NC(C)=C2C(=O)OC)ccc1OC[C@@H](O)N/N=C\c1cc(Cl)c(OCc2ccccc2)c(OCC)c1. The highest BCUT2D eigenvalue weighted by atomic mass is 35.5. The van der Waals surface area contributed by atoms with E-state index in [0.717, 1.165) is 5.56 Å². The minimum absolute atomic E-state index is 0.176. The molecule has 12 nitrogen and oxygen atoms in total. The first-order chi connectivity index (χ1) is 22.2. The Morgan fingerprint density at radius 3 is 2.48 bits per heavy atom. The number of ether oxygens (including phenoxy) is 5. The van der Waals surface area contributed by atoms with E-state index in [-0.39, 0.29) is 12.2 Å². The van der Waals surface area contributed by atoms with Crippen molar-refractivity contribution in [2.45, 2.75) is 39.6 Å². The zero-order valence-electron chi connectivity index (χ0n) is 26.0. The van der Waals surface area contributed by atoms with Crippen molar-refractivity contribution < 1.29 is 38.4 Å². The van der Waals surface area contributed by atoms with E-state index in [9.17, 15) is 14.7 Å². The molecule has 0 aromatic heterocycles. The second kappa shape index (κ2) is 16.4. The van der Waals surface area contributed by atoms with Gasteiger partial charge in [0.25, 0.3) is 0 Å². The highest BCUT2D eigenvalue weighted by Gasteiger charge is 2.32. The number of allylic oxidation sites excluding steroid dienone is 1. The lowest BCUT2D eigenvalue weighted by Crippen LogP contribution is -2.45. The normalized spacial score (nSPS) is 15.1. The summed E-state index contributed by atoms with van der Waals surface area (Å²) in [5, 5.41) is 20.3. The molecule has 4 rings (SSSR count). The van der Waals surface area contributed by atoms with Crippen LogP contribution in [0, 0.1) is 0 Å². The highest BCUT2D eigenvalue weighted by Crippen LogP contribution is 2.37. The number of aliphatic hydroxyl groups is 1. The third-order valence-electron chi connectivity index (χ3n) is 6.67. The number of hydrazone groups is 1. The number of hydrogen-bond acceptors (Lipinski definition) is 10. The molecule has 46 heavy (non-hydrogen) atoms. The molecule has 0 unspecified atom stereocenters. The molecule has 4 N–H and O–H groups in total. The van der Waals surface area contributed by atoms with Crippen molar-refractivity contribution in [2.24, 2.45) is 5.10 Å². The molecule has 0 saturated heterocycles. The Labute approximate surface area is 272 Å². The smallest absolute Gasteiger partial charge is 0.337 e. The fourth-order valence-electron chi connectivity index (χ4n) is 4.62. The summed E-state index contributed by atoms with van der Waals surface area (Å²) in [5.74, 6) is 1.02. The van der Waals surface area contributed by atoms with Crippen LogP contribution in [-0.4, -0.2) is 56.5 Å². The summed E-state index contributed by atoms with van der Waals surface area (Å²) in [6, 6.07) is 16.9. The number of benzene rings is 3. The first kappa shape index (κ1) is 33.9. The fraction of sp³-hybridized carbons (Fsp3) is 0.303. The average Bonchev–Trinajstić information content (AvgIpc) is 3.04. The summed E-state index contributed by atoms with van der Waals surface area (Å²) in [6.45, 7) is 6.18. The van der Waals surface area contributed by atoms with E-state index < -0.39 is 24.3 Å². The number of carbonyl (C=O) groups excluding carboxylic acids is 2. The number of halogens is 1. The first-order valence-corrected chi connectivity index (χ1v) is 15.0. The Morgan fingerprint density at radius 1 is 1.02 bits per heavy atom. The van der Waals surface area contributed by atoms with E-state index in [1.54, 1.807) is 37.3 Å². The largest absolute Gasteiger partial charge is 0.490 e. The van der Waals surface area contributed by atoms with Gasteiger partial charge in [0.2, 0.25) is 0 Å². The lowest BCUT2D eigenvalue weighted by molar-refractivity contribution is -0.136. The average molecular weight is 653 g/mol. The number of methoxy groups -OCH3 is 1. The van der Waals surface area contributed by atoms with Crippen LogP contribution in [-0.2, 0) is 16.1 Å². The molecule has 0 radical (unpaired) electrons. The van der Waals surface area contributed by atoms with Crippen molar-refractivity contribution in [3.05, 3.63) is 93.6 Å². The Hall–Kier alpha value is -4.94. The number of aliphatic hydroxyl groups excluding tert-OH is 1. The van der Waals surface area contributed by atoms with Crippen molar-refractivity contribution in [3.8, 4) is 23.0 Å². The second-order valence-electron chi connectivity index (χ2n) is 9.95. The van der Waals surface area contributed by atoms with Crippen LogP contribution in [0.15, 0.2) is 77.0 Å². The molecule has 0 spiro atoms. The number of nitrogens with one attached hydrogen (secondary N) is 3. The monoisotopic (exact) mass is 652 g/mol. The second-order valence-corrected chi connectivity index (χ2v) is 10.4. The third-order valence-corrected chi connectivity index (χ3v) is 6.95. The van der Waals surface area contributed by atoms with Gasteiger partial charge in [-0.25, -0.2) is 9.59 Å². The van der Waals surface area contributed by atoms with Gasteiger partial charge in [-0.3, -0.25) is 5.43 Å². The quantitative estimate of drug-likeness (QED) is 0.0783. The molecule has 0 fully saturated rings. The predicted molar refractivity (Wildman–Crippen MR) is 172 cm³/mol. The van der Waals surface area contributed by atoms with Gasteiger partial charge in [0.1, 0.15) is 13.2 Å². The van der Waals surface area contributed by atoms with E-state index in [0.29, 0.717) is 64.7 Å². The van der Waals surface area contributed by atoms with Crippen LogP contribution < -0.4 is 35.0 Å². The van der Waals surface area contributed by atoms with Gasteiger partial charge in [-0.1, -0.05) is 48.0 Å². The van der Waals surface area contributed by atoms with Crippen LogP contribution >= 0.6 is 11.6 Å². The van der Waals surface area contributed by atoms with Gasteiger partial charge in [-0.2, -0.15) is 5.10 Å². The number of nitrogens with zero attached hydrogens (tertiary/aromatic N) is 1. The molecule has 2 amide bonds. The predicted octanol–water partition coefficient (Wildman–Crippen LogP) is 4.84. The molecule has 3 aromatic rings. The third kappa shape index (κ3) is 8.83. The first-order valence-electron chi connectivity index (χ1n) is 14.6. The van der Waals surface area contributed by atoms with Crippen molar-refractivity contribution in [2.75, 3.05) is 26.9 Å². The van der Waals surface area contributed by atoms with E-state index in [4.69, 9.17) is 35.3 Å². The number of esters is 1. The van der Waals surface area contributed by atoms with Crippen LogP contribution in [0.25, 0.3) is 0 Å². The van der Waals surface area contributed by atoms with Gasteiger partial charge in [-0.05, 0) is 61.7 Å². The van der Waals surface area contributed by atoms with Crippen LogP contribution in [0.2, 0.25) is 5.02 Å². The molecule has 244 valence electrons. The molecule has 2 atom stereocenters. The molecule has 0 bridgehead atoms. The number of urea groups is 1. The van der Waals surface area contributed by atoms with Crippen LogP contribution in [0.4, 0.5) is 4.79 Å². The molecule has 1 heterocycles. The summed E-state index contributed by atoms with van der Waals surface area (Å²) in [7, 11) is 1.27. The minimum atomic E-state index is -1.18. The van der Waals surface area contributed by atoms with Gasteiger partial charge in [-0.15, -0.1) is 0 Å². The van der Waals surface area contributed by atoms with E-state index in [2.05, 4.69) is 21.2 Å². The van der Waals surface area contributed by atoms with E-state index in [1.165, 1.54) is 13.3 Å². The molecule has 0 saturated carbocycles. The zero-order chi connectivity index (χ0) is 33.1. The lowest BCUT2D eigenvalue weighted by atomic mass is 9.95. The molecule has 3 aromatic carbocycles. The van der Waals surface area contributed by atoms with Crippen molar-refractivity contribution in [3.63, 3.8) is 0 Å². The minimum Gasteiger partial charge on any atom is -0.490 e. The molecule has 1 aliphatic rings. The van der Waals surface area contributed by atoms with E-state index in [1.807, 2.05) is 44.2 Å². The van der Waals surface area contributed by atoms with Gasteiger partial charge in [0, 0.05) is 5.70 Å². The standard InChI is InChI=1S/C33H37ClN4O8/c1-5-43-26-16-23(30-29(32(40)42-4)20(3)36-33(41)37-30)12-13-25(26)45-19-28(39)38-35-17-22-14-24(34)31(27(15-22)44-6-2)46-18-21-10-8-7-9-11-21/h7-17,28,30,38-39H,5-6,18-19H2,1-4H3,(H2,36,37,41)/b35-17-/t28-,30-/m1/s1. The van der Waals surface area contributed by atoms with Crippen LogP contribution in [0.3, 0.4) is 0 Å². The summed E-state index contributed by atoms with van der Waals surface area (Å²) >= 11 is 6.52. The maximum Gasteiger partial charge on any atom is 0.337 e. The summed E-state index contributed by atoms with van der Waals surface area (Å²) in [6.07, 6.45) is 0.307. The Bertz CT molecular complexity index is 1580. The van der Waals surface area contributed by atoms with Crippen LogP contribution in [0.5, 0.6) is 23.0 Å². The highest BCUT2D eigenvalue weighted by molar-refractivity contribution is 6.32. The zero-order valence-corrected chi connectivity index (χ0v) is 26.7. The lowest BCUT2D eigenvalue weighted by Gasteiger charge is -2.28. The topological polar surface area (TPSA) is 149 Å². The van der Waals surface area contributed by atoms with Crippen molar-refractivity contribution in [1.29, 1.82) is 0 Å². The molecular formula is C33H37ClN4O8. The van der Waals surface area contributed by atoms with Gasteiger partial charge in [0.05, 0.1) is 43.2 Å². The molecule has 1 aliphatic heterocycles. The fourth-order valence-corrected chi connectivity index (χ4v) is 4.89. The van der Waals surface area contributed by atoms with E-state index >= 15 is 0 Å². The van der Waals surface area contributed by atoms with Gasteiger partial charge < -0.3 is 39.4 Å². The Balaban J connectivity index is 1.40. The Morgan fingerprint density at radius 2 is 1.76 bits per heavy atom. The molecule has 13 heteroatoms. The maximum atomic E-state index is 12.5. The number of rotatable bonds is 15. The summed E-state index contributed by atoms with van der Waals surface area (Å²) in [4.78, 5) is 24.6. The number of hydrogen-bond donors (Lipinski definition) is 4. The van der Waals surface area contributed by atoms with Crippen molar-refractivity contribution >= 4 is 29.8 Å². The Kier molecular flexibility index (Phi) is 12.1. The van der Waals surface area contributed by atoms with Gasteiger partial charge in [0.15, 0.2) is 29.2 Å². The number of amides is 2. The number of carbonyl (C=O) groups is 2. The van der Waals surface area contributed by atoms with Crippen molar-refractivity contribution in [1.82, 2.24) is 16.1 Å². The molecular weight excluding hydrogens is 616 g/mol. The molecule has 0 aliphatic carbocycles. The maximum absolute atomic E-state index is 12.5. The summed E-state index contributed by atoms with van der Waals surface area (Å²) < 4.78 is 28.2. The van der Waals surface area contributed by atoms with Gasteiger partial charge >= 0.3 is 12.0 Å².